The van der Waals surface area contributed by atoms with Crippen molar-refractivity contribution in [1.82, 2.24) is 10.6 Å². The molecular formula is C14H20N2O2. The summed E-state index contributed by atoms with van der Waals surface area (Å²) in [6, 6.07) is 6.11. The summed E-state index contributed by atoms with van der Waals surface area (Å²) < 4.78 is 5.31. The third kappa shape index (κ3) is 3.01. The number of carbonyl (C=O) groups excluding carboxylic acids is 1. The van der Waals surface area contributed by atoms with Crippen molar-refractivity contribution in [2.75, 3.05) is 26.7 Å². The molecule has 2 rings (SSSR count). The zero-order valence-electron chi connectivity index (χ0n) is 11.0. The van der Waals surface area contributed by atoms with Crippen LogP contribution in [0, 0.1) is 12.8 Å². The molecule has 0 radical (unpaired) electrons. The van der Waals surface area contributed by atoms with Crippen LogP contribution in [0.5, 0.6) is 5.75 Å². The smallest absolute Gasteiger partial charge is 0.225 e. The number of carbonyl (C=O) groups is 1. The van der Waals surface area contributed by atoms with E-state index < -0.39 is 0 Å². The van der Waals surface area contributed by atoms with Crippen molar-refractivity contribution in [2.45, 2.75) is 13.3 Å². The second-order valence-corrected chi connectivity index (χ2v) is 4.71. The van der Waals surface area contributed by atoms with Gasteiger partial charge in [0.1, 0.15) is 5.75 Å². The highest BCUT2D eigenvalue weighted by Crippen LogP contribution is 2.19. The Morgan fingerprint density at radius 3 is 2.89 bits per heavy atom. The molecule has 98 valence electrons. The van der Waals surface area contributed by atoms with Gasteiger partial charge in [0, 0.05) is 19.6 Å². The minimum absolute atomic E-state index is 0.153. The molecule has 0 spiro atoms. The molecule has 1 aliphatic heterocycles. The van der Waals surface area contributed by atoms with E-state index in [9.17, 15) is 4.79 Å². The normalized spacial score (nSPS) is 15.0. The van der Waals surface area contributed by atoms with Crippen LogP contribution in [-0.2, 0) is 11.2 Å². The Labute approximate surface area is 108 Å². The van der Waals surface area contributed by atoms with E-state index in [0.29, 0.717) is 6.54 Å². The Morgan fingerprint density at radius 2 is 2.28 bits per heavy atom. The van der Waals surface area contributed by atoms with Gasteiger partial charge in [0.25, 0.3) is 0 Å². The Bertz CT molecular complexity index is 428. The van der Waals surface area contributed by atoms with Crippen molar-refractivity contribution in [3.8, 4) is 5.75 Å². The van der Waals surface area contributed by atoms with Crippen molar-refractivity contribution in [3.05, 3.63) is 29.3 Å². The van der Waals surface area contributed by atoms with Gasteiger partial charge in [-0.3, -0.25) is 4.79 Å². The molecule has 1 aliphatic rings. The van der Waals surface area contributed by atoms with Crippen LogP contribution in [0.2, 0.25) is 0 Å². The monoisotopic (exact) mass is 248 g/mol. The van der Waals surface area contributed by atoms with Crippen molar-refractivity contribution in [2.24, 2.45) is 5.92 Å². The van der Waals surface area contributed by atoms with Gasteiger partial charge < -0.3 is 15.4 Å². The maximum Gasteiger partial charge on any atom is 0.225 e. The Kier molecular flexibility index (Phi) is 4.20. The number of aryl methyl sites for hydroxylation is 1. The lowest BCUT2D eigenvalue weighted by Crippen LogP contribution is -2.51. The molecule has 1 heterocycles. The molecular weight excluding hydrogens is 228 g/mol. The van der Waals surface area contributed by atoms with E-state index in [1.54, 1.807) is 7.11 Å². The summed E-state index contributed by atoms with van der Waals surface area (Å²) in [4.78, 5) is 11.7. The number of methoxy groups -OCH3 is 1. The van der Waals surface area contributed by atoms with Gasteiger partial charge in [-0.25, -0.2) is 0 Å². The third-order valence-electron chi connectivity index (χ3n) is 3.28. The van der Waals surface area contributed by atoms with Crippen molar-refractivity contribution < 1.29 is 9.53 Å². The summed E-state index contributed by atoms with van der Waals surface area (Å²) in [5.74, 6) is 1.20. The number of ether oxygens (including phenoxy) is 1. The number of hydrogen-bond donors (Lipinski definition) is 2. The van der Waals surface area contributed by atoms with Crippen LogP contribution in [0.25, 0.3) is 0 Å². The summed E-state index contributed by atoms with van der Waals surface area (Å²) in [6.07, 6.45) is 0.802. The lowest BCUT2D eigenvalue weighted by Gasteiger charge is -2.25. The fourth-order valence-corrected chi connectivity index (χ4v) is 2.04. The van der Waals surface area contributed by atoms with Crippen LogP contribution in [0.1, 0.15) is 11.1 Å². The Morgan fingerprint density at radius 1 is 1.50 bits per heavy atom. The van der Waals surface area contributed by atoms with E-state index in [1.165, 1.54) is 5.56 Å². The molecule has 0 bridgehead atoms. The van der Waals surface area contributed by atoms with E-state index in [0.717, 1.165) is 30.8 Å². The highest BCUT2D eigenvalue weighted by molar-refractivity contribution is 5.80. The summed E-state index contributed by atoms with van der Waals surface area (Å²) >= 11 is 0. The fraction of sp³-hybridized carbons (Fsp3) is 0.500. The Hall–Kier alpha value is -1.55. The van der Waals surface area contributed by atoms with E-state index in [-0.39, 0.29) is 11.8 Å². The van der Waals surface area contributed by atoms with E-state index in [4.69, 9.17) is 4.74 Å². The number of benzene rings is 1. The predicted octanol–water partition coefficient (Wildman–Crippen LogP) is 0.882. The first-order valence-electron chi connectivity index (χ1n) is 6.32. The van der Waals surface area contributed by atoms with Gasteiger partial charge >= 0.3 is 0 Å². The minimum atomic E-state index is 0.153. The lowest BCUT2D eigenvalue weighted by molar-refractivity contribution is -0.126. The quantitative estimate of drug-likeness (QED) is 0.813. The summed E-state index contributed by atoms with van der Waals surface area (Å²) in [5.41, 5.74) is 2.35. The average molecular weight is 248 g/mol. The molecule has 1 aromatic rings. The van der Waals surface area contributed by atoms with Crippen molar-refractivity contribution in [3.63, 3.8) is 0 Å². The first kappa shape index (κ1) is 12.9. The number of nitrogens with one attached hydrogen (secondary N) is 2. The highest BCUT2D eigenvalue weighted by Gasteiger charge is 2.24. The fourth-order valence-electron chi connectivity index (χ4n) is 2.04. The largest absolute Gasteiger partial charge is 0.496 e. The van der Waals surface area contributed by atoms with Crippen LogP contribution < -0.4 is 15.4 Å². The van der Waals surface area contributed by atoms with E-state index in [2.05, 4.69) is 23.6 Å². The van der Waals surface area contributed by atoms with Crippen LogP contribution >= 0.6 is 0 Å². The maximum atomic E-state index is 11.7. The van der Waals surface area contributed by atoms with Gasteiger partial charge in [0.05, 0.1) is 13.0 Å². The molecule has 1 aromatic carbocycles. The topological polar surface area (TPSA) is 50.4 Å². The van der Waals surface area contributed by atoms with Crippen molar-refractivity contribution >= 4 is 5.91 Å². The number of amides is 1. The predicted molar refractivity (Wildman–Crippen MR) is 70.8 cm³/mol. The molecule has 0 aromatic heterocycles. The molecule has 1 fully saturated rings. The zero-order chi connectivity index (χ0) is 13.0. The molecule has 1 saturated heterocycles. The second kappa shape index (κ2) is 5.87. The molecule has 0 atom stereocenters. The SMILES string of the molecule is COc1ccc(C)cc1CCNC(=O)C1CNC1. The molecule has 0 aliphatic carbocycles. The zero-order valence-corrected chi connectivity index (χ0v) is 11.0. The maximum absolute atomic E-state index is 11.7. The summed E-state index contributed by atoms with van der Waals surface area (Å²) in [7, 11) is 1.67. The molecule has 2 N–H and O–H groups in total. The number of hydrogen-bond acceptors (Lipinski definition) is 3. The molecule has 1 amide bonds. The van der Waals surface area contributed by atoms with Gasteiger partial charge in [0.2, 0.25) is 5.91 Å². The average Bonchev–Trinajstić information content (AvgIpc) is 2.27. The highest BCUT2D eigenvalue weighted by atomic mass is 16.5. The van der Waals surface area contributed by atoms with E-state index in [1.807, 2.05) is 12.1 Å². The van der Waals surface area contributed by atoms with Gasteiger partial charge in [-0.15, -0.1) is 0 Å². The van der Waals surface area contributed by atoms with Gasteiger partial charge in [-0.1, -0.05) is 17.7 Å². The van der Waals surface area contributed by atoms with Crippen LogP contribution in [-0.4, -0.2) is 32.7 Å². The summed E-state index contributed by atoms with van der Waals surface area (Å²) in [6.45, 7) is 4.33. The van der Waals surface area contributed by atoms with E-state index >= 15 is 0 Å². The Balaban J connectivity index is 1.85. The molecule has 0 saturated carbocycles. The summed E-state index contributed by atoms with van der Waals surface area (Å²) in [5, 5.41) is 6.06. The van der Waals surface area contributed by atoms with Crippen molar-refractivity contribution in [1.29, 1.82) is 0 Å². The molecule has 4 heteroatoms. The van der Waals surface area contributed by atoms with Gasteiger partial charge in [-0.2, -0.15) is 0 Å². The van der Waals surface area contributed by atoms with Gasteiger partial charge in [-0.05, 0) is 25.0 Å². The second-order valence-electron chi connectivity index (χ2n) is 4.71. The lowest BCUT2D eigenvalue weighted by atomic mass is 10.0. The molecule has 18 heavy (non-hydrogen) atoms. The van der Waals surface area contributed by atoms with Gasteiger partial charge in [0.15, 0.2) is 0 Å². The van der Waals surface area contributed by atoms with Crippen LogP contribution in [0.15, 0.2) is 18.2 Å². The molecule has 4 nitrogen and oxygen atoms in total. The van der Waals surface area contributed by atoms with Crippen LogP contribution in [0.3, 0.4) is 0 Å². The first-order chi connectivity index (χ1) is 8.70. The first-order valence-corrected chi connectivity index (χ1v) is 6.32. The molecule has 0 unspecified atom stereocenters. The number of rotatable bonds is 5. The van der Waals surface area contributed by atoms with Crippen LogP contribution in [0.4, 0.5) is 0 Å². The minimum Gasteiger partial charge on any atom is -0.496 e. The standard InChI is InChI=1S/C14H20N2O2/c1-10-3-4-13(18-2)11(7-10)5-6-16-14(17)12-8-15-9-12/h3-4,7,12,15H,5-6,8-9H2,1-2H3,(H,16,17). The third-order valence-corrected chi connectivity index (χ3v) is 3.28.